The fraction of sp³-hybridized carbons (Fsp3) is 1.00. The van der Waals surface area contributed by atoms with Crippen LogP contribution < -0.4 is 0 Å². The predicted octanol–water partition coefficient (Wildman–Crippen LogP) is 1.67. The molecule has 0 amide bonds. The molecule has 0 bridgehead atoms. The van der Waals surface area contributed by atoms with E-state index in [1.54, 1.807) is 0 Å². The van der Waals surface area contributed by atoms with Gasteiger partial charge in [0, 0.05) is 0 Å². The lowest BCUT2D eigenvalue weighted by atomic mass is 9.69. The molecule has 0 aromatic rings. The third-order valence-corrected chi connectivity index (χ3v) is 3.05. The summed E-state index contributed by atoms with van der Waals surface area (Å²) in [5.74, 6) is 0.914. The van der Waals surface area contributed by atoms with Crippen LogP contribution in [0.2, 0.25) is 6.82 Å². The SMILES string of the molecule is CB1SC1(C)C. The molecular weight excluding hydrogens is 90.9 g/mol. The van der Waals surface area contributed by atoms with Crippen LogP contribution >= 0.6 is 11.6 Å². The molecule has 6 heavy (non-hydrogen) atoms. The first-order valence-electron chi connectivity index (χ1n) is 2.31. The molecule has 1 saturated heterocycles. The molecule has 0 saturated carbocycles. The molecule has 1 heterocycles. The average molecular weight is 100.0 g/mol. The van der Waals surface area contributed by atoms with Gasteiger partial charge >= 0.3 is 0 Å². The van der Waals surface area contributed by atoms with Gasteiger partial charge in [0.2, 0.25) is 5.99 Å². The summed E-state index contributed by atoms with van der Waals surface area (Å²) in [4.78, 5) is 0. The maximum atomic E-state index is 2.28. The molecule has 1 rings (SSSR count). The van der Waals surface area contributed by atoms with Crippen LogP contribution in [0.15, 0.2) is 0 Å². The van der Waals surface area contributed by atoms with E-state index >= 15 is 0 Å². The highest BCUT2D eigenvalue weighted by Gasteiger charge is 2.46. The van der Waals surface area contributed by atoms with E-state index in [1.807, 2.05) is 11.6 Å². The Morgan fingerprint density at radius 2 is 1.67 bits per heavy atom. The second kappa shape index (κ2) is 0.973. The van der Waals surface area contributed by atoms with Gasteiger partial charge in [0.15, 0.2) is 0 Å². The van der Waals surface area contributed by atoms with Gasteiger partial charge in [-0.3, -0.25) is 0 Å². The highest BCUT2D eigenvalue weighted by molar-refractivity contribution is 8.40. The van der Waals surface area contributed by atoms with Crippen LogP contribution in [0.1, 0.15) is 13.8 Å². The predicted molar refractivity (Wildman–Crippen MR) is 33.3 cm³/mol. The molecule has 0 atom stereocenters. The first-order valence-corrected chi connectivity index (χ1v) is 3.19. The molecule has 0 radical (unpaired) electrons. The van der Waals surface area contributed by atoms with E-state index in [-0.39, 0.29) is 0 Å². The third-order valence-electron chi connectivity index (χ3n) is 1.40. The van der Waals surface area contributed by atoms with Crippen molar-refractivity contribution in [1.82, 2.24) is 0 Å². The summed E-state index contributed by atoms with van der Waals surface area (Å²) in [6, 6.07) is 0. The molecule has 0 nitrogen and oxygen atoms in total. The van der Waals surface area contributed by atoms with E-state index < -0.39 is 0 Å². The van der Waals surface area contributed by atoms with Gasteiger partial charge in [-0.2, -0.15) is 0 Å². The number of rotatable bonds is 0. The Morgan fingerprint density at radius 1 is 1.50 bits per heavy atom. The molecule has 1 fully saturated rings. The van der Waals surface area contributed by atoms with Gasteiger partial charge in [-0.25, -0.2) is 11.6 Å². The van der Waals surface area contributed by atoms with Crippen LogP contribution in [-0.2, 0) is 0 Å². The second-order valence-electron chi connectivity index (χ2n) is 2.36. The van der Waals surface area contributed by atoms with Crippen molar-refractivity contribution in [2.45, 2.75) is 25.3 Å². The topological polar surface area (TPSA) is 0 Å². The smallest absolute Gasteiger partial charge is 0.210 e. The Labute approximate surface area is 43.7 Å². The first kappa shape index (κ1) is 4.57. The van der Waals surface area contributed by atoms with E-state index in [0.29, 0.717) is 4.65 Å². The Kier molecular flexibility index (Phi) is 0.741. The highest BCUT2D eigenvalue weighted by atomic mass is 32.2. The molecule has 0 N–H and O–H groups in total. The second-order valence-corrected chi connectivity index (χ2v) is 4.36. The normalized spacial score (nSPS) is 27.5. The summed E-state index contributed by atoms with van der Waals surface area (Å²) in [5, 5.41) is 0. The third kappa shape index (κ3) is 0.581. The van der Waals surface area contributed by atoms with E-state index in [0.717, 1.165) is 5.99 Å². The van der Waals surface area contributed by atoms with Gasteiger partial charge in [0.1, 0.15) is 0 Å². The standard InChI is InChI=1S/C4H9BS/c1-4(2)5(3)6-4/h1-3H3. The zero-order valence-electron chi connectivity index (χ0n) is 4.49. The summed E-state index contributed by atoms with van der Waals surface area (Å²) < 4.78 is 0.625. The lowest BCUT2D eigenvalue weighted by Crippen LogP contribution is -2.00. The van der Waals surface area contributed by atoms with Gasteiger partial charge in [0.25, 0.3) is 0 Å². The Hall–Kier alpha value is 0.415. The molecule has 34 valence electrons. The maximum Gasteiger partial charge on any atom is 0.221 e. The van der Waals surface area contributed by atoms with Crippen molar-refractivity contribution in [1.29, 1.82) is 0 Å². The molecule has 1 aliphatic heterocycles. The quantitative estimate of drug-likeness (QED) is 0.329. The van der Waals surface area contributed by atoms with Gasteiger partial charge in [-0.05, 0) is 4.65 Å². The maximum absolute atomic E-state index is 2.28. The van der Waals surface area contributed by atoms with Crippen LogP contribution in [0.5, 0.6) is 0 Å². The minimum Gasteiger partial charge on any atom is -0.210 e. The van der Waals surface area contributed by atoms with Gasteiger partial charge in [0.05, 0.1) is 0 Å². The van der Waals surface area contributed by atoms with E-state index in [1.165, 1.54) is 0 Å². The van der Waals surface area contributed by atoms with Crippen LogP contribution in [0.3, 0.4) is 0 Å². The largest absolute Gasteiger partial charge is 0.221 e. The van der Waals surface area contributed by atoms with E-state index in [4.69, 9.17) is 0 Å². The molecule has 2 heteroatoms. The summed E-state index contributed by atoms with van der Waals surface area (Å²) in [5.41, 5.74) is 0. The summed E-state index contributed by atoms with van der Waals surface area (Å²) in [7, 11) is 0. The van der Waals surface area contributed by atoms with Crippen molar-refractivity contribution in [2.75, 3.05) is 0 Å². The molecule has 0 aliphatic carbocycles. The summed E-state index contributed by atoms with van der Waals surface area (Å²) in [6.07, 6.45) is 0. The zero-order valence-corrected chi connectivity index (χ0v) is 5.30. The molecule has 0 unspecified atom stereocenters. The van der Waals surface area contributed by atoms with Crippen molar-refractivity contribution in [3.8, 4) is 0 Å². The van der Waals surface area contributed by atoms with Crippen molar-refractivity contribution in [3.63, 3.8) is 0 Å². The van der Waals surface area contributed by atoms with Gasteiger partial charge in [-0.15, -0.1) is 0 Å². The van der Waals surface area contributed by atoms with Crippen molar-refractivity contribution in [2.24, 2.45) is 0 Å². The fourth-order valence-corrected chi connectivity index (χ4v) is 1.26. The van der Waals surface area contributed by atoms with Crippen LogP contribution in [0, 0.1) is 0 Å². The number of hydrogen-bond acceptors (Lipinski definition) is 1. The Balaban J connectivity index is 2.41. The molecule has 0 spiro atoms. The lowest BCUT2D eigenvalue weighted by molar-refractivity contribution is 1.04. The summed E-state index contributed by atoms with van der Waals surface area (Å²) >= 11 is 2.05. The fourth-order valence-electron chi connectivity index (χ4n) is 0.422. The van der Waals surface area contributed by atoms with Gasteiger partial charge in [-0.1, -0.05) is 20.7 Å². The zero-order chi connectivity index (χ0) is 4.78. The van der Waals surface area contributed by atoms with Gasteiger partial charge < -0.3 is 0 Å². The Bertz CT molecular complexity index is 69.9. The van der Waals surface area contributed by atoms with Crippen LogP contribution in [0.25, 0.3) is 0 Å². The van der Waals surface area contributed by atoms with E-state index in [9.17, 15) is 0 Å². The molecule has 0 aromatic heterocycles. The lowest BCUT2D eigenvalue weighted by Gasteiger charge is -1.88. The van der Waals surface area contributed by atoms with Crippen LogP contribution in [-0.4, -0.2) is 10.6 Å². The highest BCUT2D eigenvalue weighted by Crippen LogP contribution is 2.48. The van der Waals surface area contributed by atoms with Crippen LogP contribution in [0.4, 0.5) is 0 Å². The minimum absolute atomic E-state index is 0.625. The number of hydrogen-bond donors (Lipinski definition) is 0. The monoisotopic (exact) mass is 100 g/mol. The summed E-state index contributed by atoms with van der Waals surface area (Å²) in [6.45, 7) is 6.83. The first-order chi connectivity index (χ1) is 2.63. The van der Waals surface area contributed by atoms with Crippen molar-refractivity contribution < 1.29 is 0 Å². The van der Waals surface area contributed by atoms with Crippen molar-refractivity contribution in [3.05, 3.63) is 0 Å². The Morgan fingerprint density at radius 3 is 1.67 bits per heavy atom. The minimum atomic E-state index is 0.625. The molecule has 0 aromatic carbocycles. The van der Waals surface area contributed by atoms with E-state index in [2.05, 4.69) is 20.7 Å². The molecule has 1 aliphatic rings. The van der Waals surface area contributed by atoms with Crippen molar-refractivity contribution >= 4 is 17.6 Å². The average Bonchev–Trinajstić information content (AvgIpc) is 1.73. The molecular formula is C4H9BS.